The summed E-state index contributed by atoms with van der Waals surface area (Å²) in [4.78, 5) is 45.1. The van der Waals surface area contributed by atoms with Gasteiger partial charge in [-0.05, 0) is 32.6 Å². The first-order valence-corrected chi connectivity index (χ1v) is 7.95. The van der Waals surface area contributed by atoms with Gasteiger partial charge in [0.05, 0.1) is 5.69 Å². The van der Waals surface area contributed by atoms with E-state index in [9.17, 15) is 14.4 Å². The number of H-pyrrole nitrogens is 2. The standard InChI is InChI=1S/C14H16N4O3S/c1-7-8(12(20)18-13(21)15-7)5-6-11(19)17-14-16-9-3-2-4-10(9)22-14/h2-6H2,1H3,(H,16,17,19)(H2,15,18,20,21). The van der Waals surface area contributed by atoms with E-state index >= 15 is 0 Å². The maximum absolute atomic E-state index is 12.0. The first-order valence-electron chi connectivity index (χ1n) is 7.13. The van der Waals surface area contributed by atoms with E-state index in [1.807, 2.05) is 0 Å². The average molecular weight is 320 g/mol. The van der Waals surface area contributed by atoms with Gasteiger partial charge in [0.15, 0.2) is 5.13 Å². The smallest absolute Gasteiger partial charge is 0.311 e. The highest BCUT2D eigenvalue weighted by Crippen LogP contribution is 2.30. The second-order valence-electron chi connectivity index (χ2n) is 5.30. The summed E-state index contributed by atoms with van der Waals surface area (Å²) in [5, 5.41) is 3.40. The van der Waals surface area contributed by atoms with Crippen LogP contribution in [0.4, 0.5) is 5.13 Å². The lowest BCUT2D eigenvalue weighted by atomic mass is 10.1. The molecule has 0 aliphatic heterocycles. The van der Waals surface area contributed by atoms with Crippen LogP contribution in [0.5, 0.6) is 0 Å². The Morgan fingerprint density at radius 2 is 2.14 bits per heavy atom. The number of aromatic nitrogens is 3. The van der Waals surface area contributed by atoms with Gasteiger partial charge in [-0.15, -0.1) is 11.3 Å². The van der Waals surface area contributed by atoms with Crippen LogP contribution < -0.4 is 16.6 Å². The summed E-state index contributed by atoms with van der Waals surface area (Å²) in [6, 6.07) is 0. The van der Waals surface area contributed by atoms with Crippen LogP contribution in [0.3, 0.4) is 0 Å². The molecular weight excluding hydrogens is 304 g/mol. The Morgan fingerprint density at radius 3 is 2.86 bits per heavy atom. The van der Waals surface area contributed by atoms with Gasteiger partial charge in [-0.3, -0.25) is 14.6 Å². The van der Waals surface area contributed by atoms with Crippen molar-refractivity contribution in [1.29, 1.82) is 0 Å². The second-order valence-corrected chi connectivity index (χ2v) is 6.39. The topological polar surface area (TPSA) is 108 Å². The molecule has 0 fully saturated rings. The SMILES string of the molecule is Cc1[nH]c(=O)[nH]c(=O)c1CCC(=O)Nc1nc2c(s1)CCC2. The monoisotopic (exact) mass is 320 g/mol. The maximum atomic E-state index is 12.0. The minimum Gasteiger partial charge on any atom is -0.311 e. The van der Waals surface area contributed by atoms with Crippen molar-refractivity contribution in [3.63, 3.8) is 0 Å². The van der Waals surface area contributed by atoms with Gasteiger partial charge >= 0.3 is 5.69 Å². The van der Waals surface area contributed by atoms with Gasteiger partial charge in [0.1, 0.15) is 0 Å². The fraction of sp³-hybridized carbons (Fsp3) is 0.429. The Hall–Kier alpha value is -2.22. The average Bonchev–Trinajstić information content (AvgIpc) is 2.98. The molecule has 2 aromatic heterocycles. The van der Waals surface area contributed by atoms with Gasteiger partial charge in [-0.1, -0.05) is 0 Å². The first-order chi connectivity index (χ1) is 10.5. The van der Waals surface area contributed by atoms with Crippen molar-refractivity contribution in [2.45, 2.75) is 39.0 Å². The number of aromatic amines is 2. The number of fused-ring (bicyclic) bond motifs is 1. The van der Waals surface area contributed by atoms with Gasteiger partial charge < -0.3 is 10.3 Å². The van der Waals surface area contributed by atoms with E-state index in [1.165, 1.54) is 16.2 Å². The van der Waals surface area contributed by atoms with Crippen molar-refractivity contribution in [3.8, 4) is 0 Å². The minimum absolute atomic E-state index is 0.167. The van der Waals surface area contributed by atoms with E-state index in [2.05, 4.69) is 20.3 Å². The summed E-state index contributed by atoms with van der Waals surface area (Å²) >= 11 is 1.52. The van der Waals surface area contributed by atoms with E-state index in [1.54, 1.807) is 6.92 Å². The Labute approximate surface area is 129 Å². The summed E-state index contributed by atoms with van der Waals surface area (Å²) in [5.41, 5.74) is 1.04. The van der Waals surface area contributed by atoms with Crippen molar-refractivity contribution in [3.05, 3.63) is 42.7 Å². The summed E-state index contributed by atoms with van der Waals surface area (Å²) < 4.78 is 0. The van der Waals surface area contributed by atoms with Crippen molar-refractivity contribution < 1.29 is 4.79 Å². The van der Waals surface area contributed by atoms with Crippen LogP contribution in [0.1, 0.15) is 34.7 Å². The van der Waals surface area contributed by atoms with E-state index in [4.69, 9.17) is 0 Å². The van der Waals surface area contributed by atoms with Crippen LogP contribution in [0, 0.1) is 6.92 Å². The number of anilines is 1. The molecule has 116 valence electrons. The number of hydrogen-bond donors (Lipinski definition) is 3. The Balaban J connectivity index is 1.63. The maximum Gasteiger partial charge on any atom is 0.325 e. The van der Waals surface area contributed by atoms with E-state index in [0.717, 1.165) is 25.0 Å². The molecule has 0 spiro atoms. The summed E-state index contributed by atoms with van der Waals surface area (Å²) in [7, 11) is 0. The van der Waals surface area contributed by atoms with Crippen LogP contribution in [-0.2, 0) is 24.1 Å². The molecule has 2 aromatic rings. The molecule has 0 bridgehead atoms. The predicted molar refractivity (Wildman–Crippen MR) is 83.5 cm³/mol. The van der Waals surface area contributed by atoms with E-state index in [0.29, 0.717) is 16.4 Å². The van der Waals surface area contributed by atoms with Crippen LogP contribution >= 0.6 is 11.3 Å². The predicted octanol–water partition coefficient (Wildman–Crippen LogP) is 0.888. The third-order valence-corrected chi connectivity index (χ3v) is 4.77. The first kappa shape index (κ1) is 14.7. The number of thiazole rings is 1. The Bertz CT molecular complexity index is 812. The quantitative estimate of drug-likeness (QED) is 0.777. The molecule has 0 saturated heterocycles. The van der Waals surface area contributed by atoms with Crippen LogP contribution in [0.25, 0.3) is 0 Å². The largest absolute Gasteiger partial charge is 0.325 e. The van der Waals surface area contributed by atoms with Crippen molar-refractivity contribution in [1.82, 2.24) is 15.0 Å². The number of rotatable bonds is 4. The minimum atomic E-state index is -0.534. The van der Waals surface area contributed by atoms with Gasteiger partial charge in [0.25, 0.3) is 5.56 Å². The molecule has 0 atom stereocenters. The van der Waals surface area contributed by atoms with Gasteiger partial charge in [-0.2, -0.15) is 0 Å². The van der Waals surface area contributed by atoms with Crippen LogP contribution in [0.15, 0.2) is 9.59 Å². The molecular formula is C14H16N4O3S. The Kier molecular flexibility index (Phi) is 3.93. The number of hydrogen-bond acceptors (Lipinski definition) is 5. The lowest BCUT2D eigenvalue weighted by Crippen LogP contribution is -2.27. The molecule has 3 N–H and O–H groups in total. The molecule has 0 unspecified atom stereocenters. The molecule has 22 heavy (non-hydrogen) atoms. The zero-order valence-corrected chi connectivity index (χ0v) is 12.9. The van der Waals surface area contributed by atoms with E-state index < -0.39 is 11.2 Å². The number of carbonyl (C=O) groups excluding carboxylic acids is 1. The van der Waals surface area contributed by atoms with E-state index in [-0.39, 0.29) is 18.7 Å². The van der Waals surface area contributed by atoms with Crippen LogP contribution in [-0.4, -0.2) is 20.9 Å². The highest BCUT2D eigenvalue weighted by atomic mass is 32.1. The Morgan fingerprint density at radius 1 is 1.32 bits per heavy atom. The molecule has 0 saturated carbocycles. The summed E-state index contributed by atoms with van der Waals surface area (Å²) in [6.07, 6.45) is 3.59. The molecule has 2 heterocycles. The van der Waals surface area contributed by atoms with Gasteiger partial charge in [0.2, 0.25) is 5.91 Å². The lowest BCUT2D eigenvalue weighted by molar-refractivity contribution is -0.116. The van der Waals surface area contributed by atoms with Crippen molar-refractivity contribution in [2.75, 3.05) is 5.32 Å². The van der Waals surface area contributed by atoms with Crippen LogP contribution in [0.2, 0.25) is 0 Å². The molecule has 1 aliphatic carbocycles. The zero-order valence-electron chi connectivity index (χ0n) is 12.1. The number of nitrogens with zero attached hydrogens (tertiary/aromatic N) is 1. The molecule has 1 amide bonds. The fourth-order valence-corrected chi connectivity index (χ4v) is 3.66. The number of nitrogens with one attached hydrogen (secondary N) is 3. The van der Waals surface area contributed by atoms with Gasteiger partial charge in [0, 0.05) is 22.6 Å². The zero-order chi connectivity index (χ0) is 15.7. The highest BCUT2D eigenvalue weighted by molar-refractivity contribution is 7.15. The second kappa shape index (κ2) is 5.88. The number of amides is 1. The number of aryl methyl sites for hydroxylation is 3. The summed E-state index contributed by atoms with van der Waals surface area (Å²) in [5.74, 6) is -0.183. The van der Waals surface area contributed by atoms with Crippen molar-refractivity contribution >= 4 is 22.4 Å². The third kappa shape index (κ3) is 3.01. The fourth-order valence-electron chi connectivity index (χ4n) is 2.59. The summed E-state index contributed by atoms with van der Waals surface area (Å²) in [6.45, 7) is 1.65. The lowest BCUT2D eigenvalue weighted by Gasteiger charge is -2.04. The number of carbonyl (C=O) groups is 1. The molecule has 8 heteroatoms. The molecule has 1 aliphatic rings. The highest BCUT2D eigenvalue weighted by Gasteiger charge is 2.18. The third-order valence-electron chi connectivity index (χ3n) is 3.70. The molecule has 0 aromatic carbocycles. The molecule has 0 radical (unpaired) electrons. The normalized spacial score (nSPS) is 13.1. The molecule has 3 rings (SSSR count). The van der Waals surface area contributed by atoms with Crippen molar-refractivity contribution in [2.24, 2.45) is 0 Å². The molecule has 7 nitrogen and oxygen atoms in total. The van der Waals surface area contributed by atoms with Gasteiger partial charge in [-0.25, -0.2) is 9.78 Å².